The highest BCUT2D eigenvalue weighted by Crippen LogP contribution is 2.32. The Kier molecular flexibility index (Phi) is 6.94. The van der Waals surface area contributed by atoms with Crippen LogP contribution >= 0.6 is 34.7 Å². The summed E-state index contributed by atoms with van der Waals surface area (Å²) in [5, 5.41) is 9.86. The van der Waals surface area contributed by atoms with Crippen LogP contribution in [0.25, 0.3) is 17.0 Å². The van der Waals surface area contributed by atoms with Gasteiger partial charge in [0.05, 0.1) is 21.1 Å². The number of thioether (sulfide) groups is 1. The van der Waals surface area contributed by atoms with E-state index in [2.05, 4.69) is 20.6 Å². The number of carbonyl (C=O) groups excluding carboxylic acids is 2. The molecule has 35 heavy (non-hydrogen) atoms. The average molecular weight is 519 g/mol. The summed E-state index contributed by atoms with van der Waals surface area (Å²) in [4.78, 5) is 35.2. The highest BCUT2D eigenvalue weighted by molar-refractivity contribution is 8.18. The van der Waals surface area contributed by atoms with E-state index in [4.69, 9.17) is 11.6 Å². The summed E-state index contributed by atoms with van der Waals surface area (Å²) in [5.74, 6) is -0.521. The number of nitrogens with zero attached hydrogens (tertiary/aromatic N) is 2. The number of aromatic nitrogens is 1. The summed E-state index contributed by atoms with van der Waals surface area (Å²) >= 11 is 9.24. The Labute approximate surface area is 215 Å². The van der Waals surface area contributed by atoms with Crippen LogP contribution < -0.4 is 10.6 Å². The van der Waals surface area contributed by atoms with Crippen LogP contribution in [0.5, 0.6) is 0 Å². The molecule has 174 valence electrons. The van der Waals surface area contributed by atoms with Crippen molar-refractivity contribution >= 4 is 74.3 Å². The number of rotatable bonds is 6. The normalized spacial score (nSPS) is 14.4. The molecule has 5 rings (SSSR count). The molecule has 0 spiro atoms. The highest BCUT2D eigenvalue weighted by atomic mass is 35.5. The van der Waals surface area contributed by atoms with E-state index in [-0.39, 0.29) is 11.8 Å². The van der Waals surface area contributed by atoms with Gasteiger partial charge in [0.2, 0.25) is 0 Å². The molecule has 0 unspecified atom stereocenters. The second-order valence-corrected chi connectivity index (χ2v) is 10.2. The van der Waals surface area contributed by atoms with Gasteiger partial charge in [0.1, 0.15) is 0 Å². The first kappa shape index (κ1) is 23.3. The van der Waals surface area contributed by atoms with Crippen LogP contribution in [0.15, 0.2) is 82.1 Å². The number of thiophene rings is 1. The standard InChI is InChI=1S/C26H19ClN4O2S2/c27-20-7-6-18(24(32)29-11-9-19-4-2-12-34-19)15-22(20)30-26-31-25(33)23(35-26)14-16-5-8-21-17(13-16)3-1-10-28-21/h1-8,10,12-15H,9,11H2,(H,29,32)(H,30,31,33). The maximum absolute atomic E-state index is 12.6. The van der Waals surface area contributed by atoms with Crippen LogP contribution in [-0.2, 0) is 11.2 Å². The average Bonchev–Trinajstić information content (AvgIpc) is 3.50. The lowest BCUT2D eigenvalue weighted by Gasteiger charge is -2.10. The summed E-state index contributed by atoms with van der Waals surface area (Å²) in [6.45, 7) is 0.542. The zero-order chi connectivity index (χ0) is 24.2. The Morgan fingerprint density at radius 3 is 2.86 bits per heavy atom. The summed E-state index contributed by atoms with van der Waals surface area (Å²) < 4.78 is 0. The molecule has 2 amide bonds. The van der Waals surface area contributed by atoms with Crippen LogP contribution in [0.2, 0.25) is 5.02 Å². The number of hydrogen-bond donors (Lipinski definition) is 2. The molecule has 0 saturated carbocycles. The topological polar surface area (TPSA) is 83.5 Å². The van der Waals surface area contributed by atoms with E-state index in [1.54, 1.807) is 41.8 Å². The van der Waals surface area contributed by atoms with E-state index >= 15 is 0 Å². The highest BCUT2D eigenvalue weighted by Gasteiger charge is 2.23. The van der Waals surface area contributed by atoms with Gasteiger partial charge in [-0.2, -0.15) is 4.99 Å². The Hall–Kier alpha value is -3.46. The van der Waals surface area contributed by atoms with Crippen molar-refractivity contribution in [1.82, 2.24) is 10.3 Å². The van der Waals surface area contributed by atoms with Gasteiger partial charge in [0.25, 0.3) is 11.8 Å². The summed E-state index contributed by atoms with van der Waals surface area (Å²) in [5.41, 5.74) is 2.76. The molecule has 2 aromatic heterocycles. The molecule has 0 aliphatic carbocycles. The summed E-state index contributed by atoms with van der Waals surface area (Å²) in [6, 6.07) is 18.7. The van der Waals surface area contributed by atoms with Gasteiger partial charge in [-0.05, 0) is 77.7 Å². The molecular weight excluding hydrogens is 500 g/mol. The number of carbonyl (C=O) groups is 2. The SMILES string of the molecule is O=C1N=C(Nc2cc(C(=O)NCCc3cccs3)ccc2Cl)SC1=Cc1ccc2ncccc2c1. The lowest BCUT2D eigenvalue weighted by molar-refractivity contribution is -0.113. The largest absolute Gasteiger partial charge is 0.352 e. The molecule has 0 radical (unpaired) electrons. The number of nitrogens with one attached hydrogen (secondary N) is 2. The molecule has 2 N–H and O–H groups in total. The number of benzene rings is 2. The van der Waals surface area contributed by atoms with E-state index in [0.717, 1.165) is 22.9 Å². The molecule has 1 aliphatic rings. The maximum Gasteiger partial charge on any atom is 0.286 e. The molecule has 3 heterocycles. The predicted octanol–water partition coefficient (Wildman–Crippen LogP) is 6.00. The molecule has 2 aromatic carbocycles. The Balaban J connectivity index is 1.25. The third kappa shape index (κ3) is 5.62. The van der Waals surface area contributed by atoms with Gasteiger partial charge in [-0.25, -0.2) is 0 Å². The number of fused-ring (bicyclic) bond motifs is 1. The van der Waals surface area contributed by atoms with E-state index in [1.807, 2.05) is 47.8 Å². The summed E-state index contributed by atoms with van der Waals surface area (Å²) in [7, 11) is 0. The van der Waals surface area contributed by atoms with Crippen LogP contribution in [0.4, 0.5) is 5.69 Å². The zero-order valence-electron chi connectivity index (χ0n) is 18.3. The number of anilines is 1. The lowest BCUT2D eigenvalue weighted by Crippen LogP contribution is -2.25. The molecular formula is C26H19ClN4O2S2. The fourth-order valence-corrected chi connectivity index (χ4v) is 5.23. The molecule has 0 atom stereocenters. The maximum atomic E-state index is 12.6. The van der Waals surface area contributed by atoms with E-state index in [1.165, 1.54) is 16.6 Å². The second kappa shape index (κ2) is 10.4. The molecule has 0 bridgehead atoms. The van der Waals surface area contributed by atoms with Crippen molar-refractivity contribution in [3.63, 3.8) is 0 Å². The van der Waals surface area contributed by atoms with Gasteiger partial charge < -0.3 is 10.6 Å². The van der Waals surface area contributed by atoms with Crippen molar-refractivity contribution in [2.45, 2.75) is 6.42 Å². The van der Waals surface area contributed by atoms with Crippen LogP contribution in [0.3, 0.4) is 0 Å². The fraction of sp³-hybridized carbons (Fsp3) is 0.0769. The number of aliphatic imine (C=N–C) groups is 1. The van der Waals surface area contributed by atoms with Gasteiger partial charge in [-0.15, -0.1) is 11.3 Å². The third-order valence-electron chi connectivity index (χ3n) is 5.25. The van der Waals surface area contributed by atoms with Gasteiger partial charge >= 0.3 is 0 Å². The molecule has 1 aliphatic heterocycles. The zero-order valence-corrected chi connectivity index (χ0v) is 20.7. The van der Waals surface area contributed by atoms with Crippen molar-refractivity contribution in [2.75, 3.05) is 11.9 Å². The Bertz CT molecular complexity index is 1480. The minimum atomic E-state index is -0.331. The van der Waals surface area contributed by atoms with Gasteiger partial charge in [-0.1, -0.05) is 29.8 Å². The van der Waals surface area contributed by atoms with E-state index in [9.17, 15) is 9.59 Å². The van der Waals surface area contributed by atoms with Crippen molar-refractivity contribution < 1.29 is 9.59 Å². The number of pyridine rings is 1. The van der Waals surface area contributed by atoms with Crippen LogP contribution in [-0.4, -0.2) is 28.5 Å². The summed E-state index contributed by atoms with van der Waals surface area (Å²) in [6.07, 6.45) is 4.33. The van der Waals surface area contributed by atoms with Crippen LogP contribution in [0.1, 0.15) is 20.8 Å². The minimum absolute atomic E-state index is 0.190. The molecule has 6 nitrogen and oxygen atoms in total. The quantitative estimate of drug-likeness (QED) is 0.306. The van der Waals surface area contributed by atoms with Gasteiger partial charge in [0, 0.05) is 28.6 Å². The first-order valence-corrected chi connectivity index (χ1v) is 12.9. The molecule has 0 fully saturated rings. The smallest absolute Gasteiger partial charge is 0.286 e. The molecule has 4 aromatic rings. The van der Waals surface area contributed by atoms with E-state index in [0.29, 0.717) is 32.9 Å². The van der Waals surface area contributed by atoms with Crippen molar-refractivity contribution in [2.24, 2.45) is 4.99 Å². The van der Waals surface area contributed by atoms with E-state index < -0.39 is 0 Å². The first-order chi connectivity index (χ1) is 17.0. The second-order valence-electron chi connectivity index (χ2n) is 7.69. The van der Waals surface area contributed by atoms with Crippen molar-refractivity contribution in [3.05, 3.63) is 98.2 Å². The van der Waals surface area contributed by atoms with Crippen molar-refractivity contribution in [3.8, 4) is 0 Å². The molecule has 0 saturated heterocycles. The number of amides is 2. The van der Waals surface area contributed by atoms with Gasteiger partial charge in [-0.3, -0.25) is 14.6 Å². The van der Waals surface area contributed by atoms with Crippen LogP contribution in [0, 0.1) is 0 Å². The lowest BCUT2D eigenvalue weighted by atomic mass is 10.1. The number of halogens is 1. The predicted molar refractivity (Wildman–Crippen MR) is 145 cm³/mol. The Morgan fingerprint density at radius 1 is 1.09 bits per heavy atom. The third-order valence-corrected chi connectivity index (χ3v) is 7.42. The first-order valence-electron chi connectivity index (χ1n) is 10.8. The fourth-order valence-electron chi connectivity index (χ4n) is 3.53. The van der Waals surface area contributed by atoms with Gasteiger partial charge in [0.15, 0.2) is 5.17 Å². The monoisotopic (exact) mass is 518 g/mol. The minimum Gasteiger partial charge on any atom is -0.352 e. The van der Waals surface area contributed by atoms with Crippen molar-refractivity contribution in [1.29, 1.82) is 0 Å². The number of amidine groups is 1. The number of hydrogen-bond acceptors (Lipinski definition) is 6. The Morgan fingerprint density at radius 2 is 2.00 bits per heavy atom. The molecule has 9 heteroatoms.